The summed E-state index contributed by atoms with van der Waals surface area (Å²) in [7, 11) is -4.21. The van der Waals surface area contributed by atoms with Crippen LogP contribution in [0.4, 0.5) is 15.8 Å². The van der Waals surface area contributed by atoms with E-state index in [1.165, 1.54) is 18.3 Å². The highest BCUT2D eigenvalue weighted by atomic mass is 35.5. The van der Waals surface area contributed by atoms with E-state index in [9.17, 15) is 17.6 Å². The summed E-state index contributed by atoms with van der Waals surface area (Å²) >= 11 is 6.39. The lowest BCUT2D eigenvalue weighted by atomic mass is 9.99. The number of halogens is 2. The molecule has 3 N–H and O–H groups in total. The predicted octanol–water partition coefficient (Wildman–Crippen LogP) is 4.50. The number of hydrogen-bond donors (Lipinski definition) is 2. The van der Waals surface area contributed by atoms with Crippen LogP contribution in [0.15, 0.2) is 65.8 Å². The van der Waals surface area contributed by atoms with Gasteiger partial charge in [0.15, 0.2) is 5.03 Å². The lowest BCUT2D eigenvalue weighted by molar-refractivity contribution is 0.0773. The number of aryl methyl sites for hydroxylation is 1. The van der Waals surface area contributed by atoms with E-state index in [-0.39, 0.29) is 28.0 Å². The van der Waals surface area contributed by atoms with Gasteiger partial charge in [-0.1, -0.05) is 41.9 Å². The number of amides is 1. The number of pyridine rings is 1. The Hall–Kier alpha value is -3.27. The van der Waals surface area contributed by atoms with Crippen molar-refractivity contribution in [1.82, 2.24) is 9.88 Å². The lowest BCUT2D eigenvalue weighted by Gasteiger charge is -2.28. The van der Waals surface area contributed by atoms with Crippen LogP contribution < -0.4 is 10.5 Å². The molecule has 1 amide bonds. The van der Waals surface area contributed by atoms with E-state index in [0.29, 0.717) is 25.2 Å². The standard InChI is InChI=1S/C24H22ClFN4O3S/c1-15-3-2-4-19(13-15)29-22-20(14-28-23(21(22)25)34(27,32)33)24(31)30-11-9-17(10-12-30)16-5-7-18(26)8-6-16/h2-9,13-14H,10-12H2,1H3,(H,28,29)(H2,27,32,33). The van der Waals surface area contributed by atoms with Crippen molar-refractivity contribution in [3.05, 3.63) is 88.3 Å². The molecule has 0 atom stereocenters. The number of benzene rings is 2. The number of rotatable bonds is 5. The number of nitrogens with one attached hydrogen (secondary N) is 1. The number of carbonyl (C=O) groups excluding carboxylic acids is 1. The second-order valence-electron chi connectivity index (χ2n) is 7.94. The summed E-state index contributed by atoms with van der Waals surface area (Å²) in [6, 6.07) is 13.5. The SMILES string of the molecule is Cc1cccc(Nc2c(C(=O)N3CC=C(c4ccc(F)cc4)CC3)cnc(S(N)(=O)=O)c2Cl)c1. The molecule has 0 spiro atoms. The average Bonchev–Trinajstić information content (AvgIpc) is 2.80. The molecule has 1 aliphatic rings. The minimum absolute atomic E-state index is 0.115. The molecule has 1 aromatic heterocycles. The molecule has 10 heteroatoms. The van der Waals surface area contributed by atoms with Crippen LogP contribution in [-0.2, 0) is 10.0 Å². The molecule has 4 rings (SSSR count). The third-order valence-corrected chi connectivity index (χ3v) is 6.81. The van der Waals surface area contributed by atoms with Crippen molar-refractivity contribution in [3.8, 4) is 0 Å². The Morgan fingerprint density at radius 2 is 1.94 bits per heavy atom. The van der Waals surface area contributed by atoms with Crippen LogP contribution in [0.5, 0.6) is 0 Å². The summed E-state index contributed by atoms with van der Waals surface area (Å²) in [6.45, 7) is 2.64. The summed E-state index contributed by atoms with van der Waals surface area (Å²) < 4.78 is 37.1. The minimum atomic E-state index is -4.21. The van der Waals surface area contributed by atoms with E-state index >= 15 is 0 Å². The first kappa shape index (κ1) is 23.9. The topological polar surface area (TPSA) is 105 Å². The van der Waals surface area contributed by atoms with Gasteiger partial charge in [0, 0.05) is 25.0 Å². The number of carbonyl (C=O) groups is 1. The van der Waals surface area contributed by atoms with E-state index in [4.69, 9.17) is 16.7 Å². The number of anilines is 2. The Morgan fingerprint density at radius 3 is 2.56 bits per heavy atom. The quantitative estimate of drug-likeness (QED) is 0.536. The van der Waals surface area contributed by atoms with E-state index in [1.54, 1.807) is 23.1 Å². The van der Waals surface area contributed by atoms with Crippen LogP contribution >= 0.6 is 11.6 Å². The van der Waals surface area contributed by atoms with Gasteiger partial charge in [-0.05, 0) is 54.3 Å². The van der Waals surface area contributed by atoms with Crippen LogP contribution in [0.3, 0.4) is 0 Å². The zero-order valence-electron chi connectivity index (χ0n) is 18.3. The molecular formula is C24H22ClFN4O3S. The molecule has 0 unspecified atom stereocenters. The van der Waals surface area contributed by atoms with Crippen molar-refractivity contribution >= 4 is 44.5 Å². The Bertz CT molecular complexity index is 1390. The average molecular weight is 501 g/mol. The smallest absolute Gasteiger partial charge is 0.257 e. The van der Waals surface area contributed by atoms with E-state index in [1.807, 2.05) is 31.2 Å². The molecule has 2 heterocycles. The summed E-state index contributed by atoms with van der Waals surface area (Å²) in [5, 5.41) is 7.56. The van der Waals surface area contributed by atoms with Crippen LogP contribution in [0.25, 0.3) is 5.57 Å². The van der Waals surface area contributed by atoms with Crippen LogP contribution in [-0.4, -0.2) is 37.3 Å². The Labute approximate surface area is 202 Å². The van der Waals surface area contributed by atoms with E-state index in [0.717, 1.165) is 16.7 Å². The molecule has 0 aliphatic carbocycles. The second kappa shape index (κ2) is 9.54. The maximum Gasteiger partial charge on any atom is 0.257 e. The molecule has 0 radical (unpaired) electrons. The summed E-state index contributed by atoms with van der Waals surface area (Å²) in [5.74, 6) is -0.669. The number of nitrogens with two attached hydrogens (primary N) is 1. The zero-order chi connectivity index (χ0) is 24.5. The van der Waals surface area contributed by atoms with Gasteiger partial charge in [0.1, 0.15) is 10.8 Å². The fourth-order valence-corrected chi connectivity index (χ4v) is 4.84. The molecule has 0 bridgehead atoms. The summed E-state index contributed by atoms with van der Waals surface area (Å²) in [6.07, 6.45) is 3.66. The van der Waals surface area contributed by atoms with Crippen molar-refractivity contribution in [2.45, 2.75) is 18.4 Å². The monoisotopic (exact) mass is 500 g/mol. The van der Waals surface area contributed by atoms with Gasteiger partial charge in [0.25, 0.3) is 15.9 Å². The Balaban J connectivity index is 1.67. The van der Waals surface area contributed by atoms with Crippen LogP contribution in [0.2, 0.25) is 5.02 Å². The third kappa shape index (κ3) is 5.11. The zero-order valence-corrected chi connectivity index (χ0v) is 19.8. The van der Waals surface area contributed by atoms with Gasteiger partial charge in [-0.3, -0.25) is 4.79 Å². The fraction of sp³-hybridized carbons (Fsp3) is 0.167. The predicted molar refractivity (Wildman–Crippen MR) is 130 cm³/mol. The number of aromatic nitrogens is 1. The molecule has 7 nitrogen and oxygen atoms in total. The molecule has 176 valence electrons. The summed E-state index contributed by atoms with van der Waals surface area (Å²) in [5.41, 5.74) is 3.74. The van der Waals surface area contributed by atoms with Gasteiger partial charge in [-0.25, -0.2) is 22.9 Å². The van der Waals surface area contributed by atoms with Crippen LogP contribution in [0.1, 0.15) is 27.9 Å². The van der Waals surface area contributed by atoms with Crippen molar-refractivity contribution < 1.29 is 17.6 Å². The first-order valence-electron chi connectivity index (χ1n) is 10.4. The highest BCUT2D eigenvalue weighted by molar-refractivity contribution is 7.89. The first-order valence-corrected chi connectivity index (χ1v) is 12.3. The fourth-order valence-electron chi connectivity index (χ4n) is 3.77. The number of hydrogen-bond acceptors (Lipinski definition) is 5. The second-order valence-corrected chi connectivity index (χ2v) is 9.80. The van der Waals surface area contributed by atoms with Gasteiger partial charge >= 0.3 is 0 Å². The molecule has 0 fully saturated rings. The minimum Gasteiger partial charge on any atom is -0.354 e. The van der Waals surface area contributed by atoms with Gasteiger partial charge < -0.3 is 10.2 Å². The van der Waals surface area contributed by atoms with Crippen LogP contribution in [0, 0.1) is 12.7 Å². The van der Waals surface area contributed by atoms with Crippen molar-refractivity contribution in [2.75, 3.05) is 18.4 Å². The van der Waals surface area contributed by atoms with Crippen molar-refractivity contribution in [1.29, 1.82) is 0 Å². The van der Waals surface area contributed by atoms with Crippen molar-refractivity contribution in [3.63, 3.8) is 0 Å². The largest absolute Gasteiger partial charge is 0.354 e. The highest BCUT2D eigenvalue weighted by Gasteiger charge is 2.27. The number of nitrogens with zero attached hydrogens (tertiary/aromatic N) is 2. The van der Waals surface area contributed by atoms with Gasteiger partial charge in [0.2, 0.25) is 0 Å². The first-order chi connectivity index (χ1) is 16.1. The number of sulfonamides is 1. The molecule has 0 saturated carbocycles. The van der Waals surface area contributed by atoms with Gasteiger partial charge in [-0.15, -0.1) is 0 Å². The maximum absolute atomic E-state index is 13.4. The molecule has 0 saturated heterocycles. The normalized spacial score (nSPS) is 14.0. The Morgan fingerprint density at radius 1 is 1.21 bits per heavy atom. The third-order valence-electron chi connectivity index (χ3n) is 5.49. The van der Waals surface area contributed by atoms with E-state index < -0.39 is 15.0 Å². The lowest BCUT2D eigenvalue weighted by Crippen LogP contribution is -2.35. The van der Waals surface area contributed by atoms with Gasteiger partial charge in [0.05, 0.1) is 11.3 Å². The van der Waals surface area contributed by atoms with Gasteiger partial charge in [-0.2, -0.15) is 0 Å². The maximum atomic E-state index is 13.4. The molecule has 2 aromatic carbocycles. The number of primary sulfonamides is 1. The van der Waals surface area contributed by atoms with E-state index in [2.05, 4.69) is 10.3 Å². The van der Waals surface area contributed by atoms with Crippen molar-refractivity contribution in [2.24, 2.45) is 5.14 Å². The molecular weight excluding hydrogens is 479 g/mol. The molecule has 3 aromatic rings. The molecule has 34 heavy (non-hydrogen) atoms. The highest BCUT2D eigenvalue weighted by Crippen LogP contribution is 2.34. The summed E-state index contributed by atoms with van der Waals surface area (Å²) in [4.78, 5) is 18.9. The Kier molecular flexibility index (Phi) is 6.70. The molecule has 1 aliphatic heterocycles.